The Balaban J connectivity index is 1.72. The minimum atomic E-state index is -0.139. The number of rotatable bonds is 6. The number of nitrogens with zero attached hydrogens (tertiary/aromatic N) is 1. The molecule has 1 atom stereocenters. The van der Waals surface area contributed by atoms with E-state index in [0.29, 0.717) is 23.9 Å². The van der Waals surface area contributed by atoms with Gasteiger partial charge in [-0.15, -0.1) is 6.42 Å². The SMILES string of the molecule is C#CCN1CCC(C(=O)NC[C@@H](C)Oc2ccccc2Cl)CC1. The smallest absolute Gasteiger partial charge is 0.223 e. The lowest BCUT2D eigenvalue weighted by Gasteiger charge is -2.30. The first-order valence-electron chi connectivity index (χ1n) is 7.95. The molecule has 5 heteroatoms. The lowest BCUT2D eigenvalue weighted by atomic mass is 9.96. The summed E-state index contributed by atoms with van der Waals surface area (Å²) in [6.45, 7) is 4.81. The highest BCUT2D eigenvalue weighted by Crippen LogP contribution is 2.24. The maximum Gasteiger partial charge on any atom is 0.223 e. The molecule has 0 saturated carbocycles. The molecule has 1 aliphatic heterocycles. The first-order valence-corrected chi connectivity index (χ1v) is 8.32. The lowest BCUT2D eigenvalue weighted by Crippen LogP contribution is -2.42. The first kappa shape index (κ1) is 17.7. The molecule has 1 fully saturated rings. The fraction of sp³-hybridized carbons (Fsp3) is 0.500. The van der Waals surface area contributed by atoms with Gasteiger partial charge < -0.3 is 10.1 Å². The Morgan fingerprint density at radius 1 is 1.48 bits per heavy atom. The van der Waals surface area contributed by atoms with Gasteiger partial charge in [-0.3, -0.25) is 9.69 Å². The molecular formula is C18H23ClN2O2. The van der Waals surface area contributed by atoms with Crippen LogP contribution in [0.1, 0.15) is 19.8 Å². The summed E-state index contributed by atoms with van der Waals surface area (Å²) in [6, 6.07) is 7.33. The Morgan fingerprint density at radius 2 is 2.17 bits per heavy atom. The minimum Gasteiger partial charge on any atom is -0.487 e. The molecule has 1 heterocycles. The number of hydrogen-bond donors (Lipinski definition) is 1. The molecule has 0 bridgehead atoms. The maximum absolute atomic E-state index is 12.2. The zero-order valence-electron chi connectivity index (χ0n) is 13.4. The van der Waals surface area contributed by atoms with Crippen molar-refractivity contribution < 1.29 is 9.53 Å². The second-order valence-corrected chi connectivity index (χ2v) is 6.27. The van der Waals surface area contributed by atoms with E-state index in [4.69, 9.17) is 22.8 Å². The van der Waals surface area contributed by atoms with Crippen molar-refractivity contribution in [1.29, 1.82) is 0 Å². The summed E-state index contributed by atoms with van der Waals surface area (Å²) in [5.74, 6) is 3.45. The number of benzene rings is 1. The Kier molecular flexibility index (Phi) is 6.76. The predicted molar refractivity (Wildman–Crippen MR) is 92.5 cm³/mol. The van der Waals surface area contributed by atoms with Gasteiger partial charge in [-0.25, -0.2) is 0 Å². The summed E-state index contributed by atoms with van der Waals surface area (Å²) in [7, 11) is 0. The van der Waals surface area contributed by atoms with Crippen LogP contribution in [0.3, 0.4) is 0 Å². The van der Waals surface area contributed by atoms with Gasteiger partial charge in [0.1, 0.15) is 11.9 Å². The van der Waals surface area contributed by atoms with E-state index in [2.05, 4.69) is 16.1 Å². The maximum atomic E-state index is 12.2. The third kappa shape index (κ3) is 5.46. The topological polar surface area (TPSA) is 41.6 Å². The van der Waals surface area contributed by atoms with Gasteiger partial charge in [0, 0.05) is 5.92 Å². The van der Waals surface area contributed by atoms with Crippen LogP contribution in [0.2, 0.25) is 5.02 Å². The van der Waals surface area contributed by atoms with Crippen LogP contribution in [0.4, 0.5) is 0 Å². The number of ether oxygens (including phenoxy) is 1. The largest absolute Gasteiger partial charge is 0.487 e. The number of carbonyl (C=O) groups excluding carboxylic acids is 1. The summed E-state index contributed by atoms with van der Waals surface area (Å²) in [5.41, 5.74) is 0. The Hall–Kier alpha value is -1.70. The van der Waals surface area contributed by atoms with E-state index >= 15 is 0 Å². The quantitative estimate of drug-likeness (QED) is 0.813. The molecule has 1 aliphatic rings. The van der Waals surface area contributed by atoms with Crippen molar-refractivity contribution in [1.82, 2.24) is 10.2 Å². The molecule has 1 N–H and O–H groups in total. The van der Waals surface area contributed by atoms with E-state index in [1.165, 1.54) is 0 Å². The zero-order chi connectivity index (χ0) is 16.7. The molecule has 2 rings (SSSR count). The van der Waals surface area contributed by atoms with Gasteiger partial charge in [0.2, 0.25) is 5.91 Å². The monoisotopic (exact) mass is 334 g/mol. The van der Waals surface area contributed by atoms with Gasteiger partial charge in [0.15, 0.2) is 0 Å². The standard InChI is InChI=1S/C18H23ClN2O2/c1-3-10-21-11-8-15(9-12-21)18(22)20-13-14(2)23-17-7-5-4-6-16(17)19/h1,4-7,14-15H,8-13H2,2H3,(H,20,22)/t14-/m1/s1. The molecule has 1 aromatic carbocycles. The van der Waals surface area contributed by atoms with E-state index in [1.807, 2.05) is 25.1 Å². The predicted octanol–water partition coefficient (Wildman–Crippen LogP) is 2.57. The molecule has 0 radical (unpaired) electrons. The molecule has 23 heavy (non-hydrogen) atoms. The number of terminal acetylenes is 1. The van der Waals surface area contributed by atoms with Gasteiger partial charge in [-0.2, -0.15) is 0 Å². The highest BCUT2D eigenvalue weighted by Gasteiger charge is 2.24. The van der Waals surface area contributed by atoms with Crippen molar-refractivity contribution in [3.05, 3.63) is 29.3 Å². The van der Waals surface area contributed by atoms with Crippen molar-refractivity contribution in [3.8, 4) is 18.1 Å². The first-order chi connectivity index (χ1) is 11.1. The van der Waals surface area contributed by atoms with Crippen LogP contribution in [0.25, 0.3) is 0 Å². The number of carbonyl (C=O) groups is 1. The van der Waals surface area contributed by atoms with Gasteiger partial charge in [0.05, 0.1) is 18.1 Å². The van der Waals surface area contributed by atoms with Crippen molar-refractivity contribution in [2.75, 3.05) is 26.2 Å². The number of likely N-dealkylation sites (tertiary alicyclic amines) is 1. The number of amides is 1. The van der Waals surface area contributed by atoms with Gasteiger partial charge >= 0.3 is 0 Å². The lowest BCUT2D eigenvalue weighted by molar-refractivity contribution is -0.126. The number of nitrogens with one attached hydrogen (secondary N) is 1. The summed E-state index contributed by atoms with van der Waals surface area (Å²) in [6.07, 6.45) is 6.88. The normalized spacial score (nSPS) is 17.3. The van der Waals surface area contributed by atoms with E-state index in [0.717, 1.165) is 25.9 Å². The Morgan fingerprint density at radius 3 is 2.83 bits per heavy atom. The highest BCUT2D eigenvalue weighted by atomic mass is 35.5. The second-order valence-electron chi connectivity index (χ2n) is 5.86. The number of halogens is 1. The van der Waals surface area contributed by atoms with Crippen molar-refractivity contribution in [2.45, 2.75) is 25.9 Å². The average Bonchev–Trinajstić information content (AvgIpc) is 2.56. The van der Waals surface area contributed by atoms with Crippen LogP contribution >= 0.6 is 11.6 Å². The summed E-state index contributed by atoms with van der Waals surface area (Å²) in [4.78, 5) is 14.4. The van der Waals surface area contributed by atoms with Crippen LogP contribution in [0, 0.1) is 18.3 Å². The number of hydrogen-bond acceptors (Lipinski definition) is 3. The molecule has 0 spiro atoms. The van der Waals surface area contributed by atoms with Crippen molar-refractivity contribution in [2.24, 2.45) is 5.92 Å². The van der Waals surface area contributed by atoms with E-state index in [1.54, 1.807) is 6.07 Å². The van der Waals surface area contributed by atoms with Crippen LogP contribution in [0.15, 0.2) is 24.3 Å². The van der Waals surface area contributed by atoms with Gasteiger partial charge in [-0.1, -0.05) is 29.7 Å². The van der Waals surface area contributed by atoms with Gasteiger partial charge in [0.25, 0.3) is 0 Å². The summed E-state index contributed by atoms with van der Waals surface area (Å²) >= 11 is 6.06. The molecule has 0 aromatic heterocycles. The summed E-state index contributed by atoms with van der Waals surface area (Å²) < 4.78 is 5.75. The molecule has 1 saturated heterocycles. The minimum absolute atomic E-state index is 0.0662. The zero-order valence-corrected chi connectivity index (χ0v) is 14.2. The fourth-order valence-corrected chi connectivity index (χ4v) is 2.85. The molecule has 0 aliphatic carbocycles. The van der Waals surface area contributed by atoms with Crippen LogP contribution in [0.5, 0.6) is 5.75 Å². The third-order valence-electron chi connectivity index (χ3n) is 4.00. The fourth-order valence-electron chi connectivity index (χ4n) is 2.67. The van der Waals surface area contributed by atoms with Crippen molar-refractivity contribution >= 4 is 17.5 Å². The van der Waals surface area contributed by atoms with E-state index < -0.39 is 0 Å². The van der Waals surface area contributed by atoms with Crippen molar-refractivity contribution in [3.63, 3.8) is 0 Å². The number of para-hydroxylation sites is 1. The van der Waals surface area contributed by atoms with E-state index in [-0.39, 0.29) is 17.9 Å². The average molecular weight is 335 g/mol. The third-order valence-corrected chi connectivity index (χ3v) is 4.31. The molecule has 4 nitrogen and oxygen atoms in total. The molecule has 1 aromatic rings. The Bertz CT molecular complexity index is 562. The van der Waals surface area contributed by atoms with Crippen LogP contribution < -0.4 is 10.1 Å². The second kappa shape index (κ2) is 8.81. The van der Waals surface area contributed by atoms with Gasteiger partial charge in [-0.05, 0) is 45.0 Å². The van der Waals surface area contributed by atoms with Crippen LogP contribution in [-0.4, -0.2) is 43.1 Å². The molecule has 0 unspecified atom stereocenters. The van der Waals surface area contributed by atoms with Crippen LogP contribution in [-0.2, 0) is 4.79 Å². The molecule has 124 valence electrons. The Labute approximate surface area is 143 Å². The highest BCUT2D eigenvalue weighted by molar-refractivity contribution is 6.32. The number of piperidine rings is 1. The summed E-state index contributed by atoms with van der Waals surface area (Å²) in [5, 5.41) is 3.55. The molecule has 1 amide bonds. The molecular weight excluding hydrogens is 312 g/mol. The van der Waals surface area contributed by atoms with E-state index in [9.17, 15) is 4.79 Å².